The van der Waals surface area contributed by atoms with E-state index in [0.29, 0.717) is 12.8 Å². The Morgan fingerprint density at radius 3 is 2.06 bits per heavy atom. The summed E-state index contributed by atoms with van der Waals surface area (Å²) in [5.74, 6) is -0.947. The van der Waals surface area contributed by atoms with E-state index in [0.717, 1.165) is 70.6 Å². The quantitative estimate of drug-likeness (QED) is 0.0924. The van der Waals surface area contributed by atoms with Gasteiger partial charge in [0, 0.05) is 6.42 Å². The van der Waals surface area contributed by atoms with Gasteiger partial charge >= 0.3 is 0 Å². The number of aliphatic hydroxyl groups is 1. The van der Waals surface area contributed by atoms with Crippen molar-refractivity contribution in [1.82, 2.24) is 5.32 Å². The van der Waals surface area contributed by atoms with Crippen LogP contribution >= 0.6 is 0 Å². The zero-order valence-electron chi connectivity index (χ0n) is 21.5. The number of unbranched alkanes of at least 4 members (excludes halogenated alkanes) is 8. The number of hydrogen-bond acceptors (Lipinski definition) is 4. The number of carbonyl (C=O) groups is 1. The van der Waals surface area contributed by atoms with Crippen molar-refractivity contribution in [3.05, 3.63) is 36.5 Å². The first kappa shape index (κ1) is 32.6. The number of nitrogens with one attached hydrogen (secondary N) is 1. The Morgan fingerprint density at radius 1 is 0.824 bits per heavy atom. The molecule has 34 heavy (non-hydrogen) atoms. The molecule has 2 unspecified atom stereocenters. The zero-order valence-corrected chi connectivity index (χ0v) is 22.3. The van der Waals surface area contributed by atoms with Gasteiger partial charge in [-0.15, -0.1) is 0 Å². The van der Waals surface area contributed by atoms with Crippen molar-refractivity contribution in [2.24, 2.45) is 0 Å². The maximum absolute atomic E-state index is 12.3. The first-order valence-corrected chi connectivity index (χ1v) is 14.8. The van der Waals surface area contributed by atoms with E-state index in [1.54, 1.807) is 0 Å². The van der Waals surface area contributed by atoms with Crippen molar-refractivity contribution in [2.75, 3.05) is 5.75 Å². The van der Waals surface area contributed by atoms with Crippen molar-refractivity contribution >= 4 is 16.0 Å². The second-order valence-corrected chi connectivity index (χ2v) is 10.4. The van der Waals surface area contributed by atoms with E-state index in [4.69, 9.17) is 0 Å². The molecule has 0 fully saturated rings. The summed E-state index contributed by atoms with van der Waals surface area (Å²) in [6.45, 7) is 4.27. The van der Waals surface area contributed by atoms with E-state index in [-0.39, 0.29) is 12.3 Å². The van der Waals surface area contributed by atoms with Gasteiger partial charge in [0.2, 0.25) is 5.91 Å². The topological polar surface area (TPSA) is 104 Å². The highest BCUT2D eigenvalue weighted by Gasteiger charge is 2.25. The van der Waals surface area contributed by atoms with Gasteiger partial charge in [-0.05, 0) is 44.9 Å². The van der Waals surface area contributed by atoms with E-state index >= 15 is 0 Å². The second-order valence-electron chi connectivity index (χ2n) is 8.94. The smallest absolute Gasteiger partial charge is 0.266 e. The Morgan fingerprint density at radius 2 is 1.41 bits per heavy atom. The van der Waals surface area contributed by atoms with Crippen LogP contribution in [0.1, 0.15) is 110 Å². The van der Waals surface area contributed by atoms with Gasteiger partial charge in [-0.2, -0.15) is 8.42 Å². The van der Waals surface area contributed by atoms with Crippen LogP contribution in [0.3, 0.4) is 0 Å². The minimum Gasteiger partial charge on any atom is -0.391 e. The van der Waals surface area contributed by atoms with Crippen molar-refractivity contribution in [3.8, 4) is 0 Å². The minimum absolute atomic E-state index is 0.281. The summed E-state index contributed by atoms with van der Waals surface area (Å²) < 4.78 is 31.9. The van der Waals surface area contributed by atoms with Gasteiger partial charge in [-0.3, -0.25) is 9.35 Å². The molecule has 0 aliphatic heterocycles. The van der Waals surface area contributed by atoms with E-state index in [2.05, 4.69) is 55.6 Å². The van der Waals surface area contributed by atoms with Crippen LogP contribution in [0.25, 0.3) is 0 Å². The Hall–Kier alpha value is -1.44. The van der Waals surface area contributed by atoms with Crippen molar-refractivity contribution in [2.45, 2.75) is 122 Å². The molecule has 0 aromatic heterocycles. The molecule has 0 aromatic rings. The molecule has 0 aliphatic rings. The monoisotopic (exact) mass is 499 g/mol. The molecule has 0 aromatic carbocycles. The number of hydrogen-bond donors (Lipinski definition) is 3. The third kappa shape index (κ3) is 22.4. The number of amides is 1. The summed E-state index contributed by atoms with van der Waals surface area (Å²) in [5, 5.41) is 13.0. The summed E-state index contributed by atoms with van der Waals surface area (Å²) in [5.41, 5.74) is 0. The lowest BCUT2D eigenvalue weighted by Crippen LogP contribution is -2.47. The lowest BCUT2D eigenvalue weighted by Gasteiger charge is -2.23. The molecule has 0 radical (unpaired) electrons. The molecule has 1 amide bonds. The maximum atomic E-state index is 12.3. The van der Waals surface area contributed by atoms with Crippen molar-refractivity contribution in [1.29, 1.82) is 0 Å². The summed E-state index contributed by atoms with van der Waals surface area (Å²) in [7, 11) is -4.30. The number of aliphatic hydroxyl groups excluding tert-OH is 1. The lowest BCUT2D eigenvalue weighted by molar-refractivity contribution is -0.122. The van der Waals surface area contributed by atoms with E-state index in [1.807, 2.05) is 0 Å². The van der Waals surface area contributed by atoms with Gasteiger partial charge in [0.15, 0.2) is 0 Å². The predicted octanol–water partition coefficient (Wildman–Crippen LogP) is 6.28. The van der Waals surface area contributed by atoms with Crippen LogP contribution in [0.15, 0.2) is 36.5 Å². The molecule has 0 saturated heterocycles. The summed E-state index contributed by atoms with van der Waals surface area (Å²) >= 11 is 0. The summed E-state index contributed by atoms with van der Waals surface area (Å²) in [4.78, 5) is 12.3. The SMILES string of the molecule is CC/C=C\C/C=C\C/C=C\CCCCCC(=O)NC(CS(=O)(=O)O)C(O)CCCCCCCC. The molecule has 0 saturated carbocycles. The van der Waals surface area contributed by atoms with Gasteiger partial charge in [0.25, 0.3) is 10.1 Å². The second kappa shape index (κ2) is 22.1. The number of carbonyl (C=O) groups excluding carboxylic acids is 1. The van der Waals surface area contributed by atoms with Crippen LogP contribution in [-0.2, 0) is 14.9 Å². The molecule has 0 spiro atoms. The molecular weight excluding hydrogens is 450 g/mol. The third-order valence-electron chi connectivity index (χ3n) is 5.61. The van der Waals surface area contributed by atoms with Gasteiger partial charge in [0.05, 0.1) is 17.9 Å². The molecule has 0 heterocycles. The van der Waals surface area contributed by atoms with Crippen LogP contribution in [0, 0.1) is 0 Å². The Balaban J connectivity index is 4.13. The average Bonchev–Trinajstić information content (AvgIpc) is 2.77. The first-order chi connectivity index (χ1) is 16.3. The highest BCUT2D eigenvalue weighted by molar-refractivity contribution is 7.85. The molecular formula is C27H49NO5S. The van der Waals surface area contributed by atoms with Crippen LogP contribution in [0.4, 0.5) is 0 Å². The van der Waals surface area contributed by atoms with Crippen LogP contribution < -0.4 is 5.32 Å². The van der Waals surface area contributed by atoms with E-state index in [9.17, 15) is 22.9 Å². The standard InChI is InChI=1S/C27H49NO5S/c1-3-5-7-9-11-12-13-14-15-16-17-19-21-23-27(30)28-25(24-34(31,32)33)26(29)22-20-18-10-8-6-4-2/h5,7,11-12,14-15,25-26,29H,3-4,6,8-10,13,16-24H2,1-2H3,(H,28,30)(H,31,32,33)/b7-5-,12-11-,15-14-. The fourth-order valence-corrected chi connectivity index (χ4v) is 4.40. The van der Waals surface area contributed by atoms with E-state index < -0.39 is 28.0 Å². The van der Waals surface area contributed by atoms with Crippen LogP contribution in [0.2, 0.25) is 0 Å². The molecule has 0 aliphatic carbocycles. The van der Waals surface area contributed by atoms with Gasteiger partial charge in [-0.25, -0.2) is 0 Å². The van der Waals surface area contributed by atoms with Crippen LogP contribution in [0.5, 0.6) is 0 Å². The highest BCUT2D eigenvalue weighted by Crippen LogP contribution is 2.12. The third-order valence-corrected chi connectivity index (χ3v) is 6.39. The van der Waals surface area contributed by atoms with Crippen LogP contribution in [-0.4, -0.2) is 41.9 Å². The highest BCUT2D eigenvalue weighted by atomic mass is 32.2. The fraction of sp³-hybridized carbons (Fsp3) is 0.741. The zero-order chi connectivity index (χ0) is 25.5. The first-order valence-electron chi connectivity index (χ1n) is 13.2. The van der Waals surface area contributed by atoms with Gasteiger partial charge < -0.3 is 10.4 Å². The number of allylic oxidation sites excluding steroid dienone is 6. The van der Waals surface area contributed by atoms with Gasteiger partial charge in [0.1, 0.15) is 0 Å². The predicted molar refractivity (Wildman–Crippen MR) is 142 cm³/mol. The maximum Gasteiger partial charge on any atom is 0.266 e. The van der Waals surface area contributed by atoms with Crippen molar-refractivity contribution < 1.29 is 22.9 Å². The largest absolute Gasteiger partial charge is 0.391 e. The molecule has 3 N–H and O–H groups in total. The number of rotatable bonds is 22. The molecule has 7 heteroatoms. The summed E-state index contributed by atoms with van der Waals surface area (Å²) in [6.07, 6.45) is 25.5. The molecule has 0 bridgehead atoms. The van der Waals surface area contributed by atoms with Gasteiger partial charge in [-0.1, -0.05) is 95.2 Å². The Bertz CT molecular complexity index is 685. The Kier molecular flexibility index (Phi) is 21.1. The molecule has 2 atom stereocenters. The lowest BCUT2D eigenvalue weighted by atomic mass is 10.0. The molecule has 6 nitrogen and oxygen atoms in total. The average molecular weight is 500 g/mol. The summed E-state index contributed by atoms with van der Waals surface area (Å²) in [6, 6.07) is -0.980. The van der Waals surface area contributed by atoms with Crippen molar-refractivity contribution in [3.63, 3.8) is 0 Å². The normalized spacial score (nSPS) is 14.4. The Labute approximate surface area is 208 Å². The minimum atomic E-state index is -4.30. The molecule has 0 rings (SSSR count). The molecule has 198 valence electrons. The fourth-order valence-electron chi connectivity index (χ4n) is 3.64. The van der Waals surface area contributed by atoms with E-state index in [1.165, 1.54) is 6.42 Å².